The van der Waals surface area contributed by atoms with E-state index >= 15 is 0 Å². The third kappa shape index (κ3) is 3.26. The number of hydrogen-bond donors (Lipinski definition) is 2. The van der Waals surface area contributed by atoms with E-state index in [0.717, 1.165) is 5.56 Å². The summed E-state index contributed by atoms with van der Waals surface area (Å²) in [5, 5.41) is 10.5. The van der Waals surface area contributed by atoms with Gasteiger partial charge in [0.25, 0.3) is 0 Å². The van der Waals surface area contributed by atoms with Gasteiger partial charge in [0.05, 0.1) is 5.57 Å². The van der Waals surface area contributed by atoms with Crippen LogP contribution in [0.25, 0.3) is 0 Å². The summed E-state index contributed by atoms with van der Waals surface area (Å²) >= 11 is 0. The summed E-state index contributed by atoms with van der Waals surface area (Å²) in [5.74, 6) is -0.612. The molecule has 0 fully saturated rings. The van der Waals surface area contributed by atoms with E-state index in [0.29, 0.717) is 17.7 Å². The highest BCUT2D eigenvalue weighted by molar-refractivity contribution is 5.92. The van der Waals surface area contributed by atoms with E-state index in [1.165, 1.54) is 0 Å². The number of esters is 1. The number of cyclic esters (lactones) is 1. The lowest BCUT2D eigenvalue weighted by Gasteiger charge is -2.38. The Labute approximate surface area is 132 Å². The number of aliphatic hydroxyl groups excluding tert-OH is 1. The topological polar surface area (TPSA) is 72.5 Å². The van der Waals surface area contributed by atoms with E-state index in [9.17, 15) is 9.90 Å². The Kier molecular flexibility index (Phi) is 3.98. The summed E-state index contributed by atoms with van der Waals surface area (Å²) in [6.07, 6.45) is 0.322. The largest absolute Gasteiger partial charge is 0.512 e. The Hall–Kier alpha value is -1.97. The number of carbonyl (C=O) groups is 1. The number of ether oxygens (including phenoxy) is 1. The quantitative estimate of drug-likeness (QED) is 0.641. The van der Waals surface area contributed by atoms with E-state index < -0.39 is 11.6 Å². The fourth-order valence-corrected chi connectivity index (χ4v) is 3.08. The van der Waals surface area contributed by atoms with Crippen molar-refractivity contribution in [2.24, 2.45) is 5.41 Å². The maximum atomic E-state index is 12.5. The normalized spacial score (nSPS) is 19.8. The lowest BCUT2D eigenvalue weighted by Crippen LogP contribution is -2.38. The lowest BCUT2D eigenvalue weighted by molar-refractivity contribution is -0.155. The van der Waals surface area contributed by atoms with Crippen LogP contribution in [0.1, 0.15) is 52.5 Å². The predicted molar refractivity (Wildman–Crippen MR) is 87.5 cm³/mol. The number of benzene rings is 1. The molecule has 0 amide bonds. The SMILES string of the molecule is CC1(C)CC(O)=C(C(c2cccc(N)c2)C(C)(C)C)C(=O)O1. The van der Waals surface area contributed by atoms with Crippen LogP contribution in [0.2, 0.25) is 0 Å². The summed E-state index contributed by atoms with van der Waals surface area (Å²) in [4.78, 5) is 12.5. The molecule has 2 rings (SSSR count). The van der Waals surface area contributed by atoms with Crippen molar-refractivity contribution in [3.05, 3.63) is 41.2 Å². The first-order valence-corrected chi connectivity index (χ1v) is 7.52. The number of nitrogen functional groups attached to an aromatic ring is 1. The highest BCUT2D eigenvalue weighted by Crippen LogP contribution is 2.45. The smallest absolute Gasteiger partial charge is 0.338 e. The van der Waals surface area contributed by atoms with Gasteiger partial charge in [0, 0.05) is 18.0 Å². The maximum Gasteiger partial charge on any atom is 0.338 e. The van der Waals surface area contributed by atoms with Crippen LogP contribution in [-0.2, 0) is 9.53 Å². The first-order valence-electron chi connectivity index (χ1n) is 7.52. The van der Waals surface area contributed by atoms with Gasteiger partial charge in [-0.2, -0.15) is 0 Å². The van der Waals surface area contributed by atoms with Crippen molar-refractivity contribution >= 4 is 11.7 Å². The van der Waals surface area contributed by atoms with Crippen molar-refractivity contribution in [3.63, 3.8) is 0 Å². The molecule has 0 aliphatic carbocycles. The standard InChI is InChI=1S/C18H25NO3/c1-17(2,3)15(11-7-6-8-12(19)9-11)14-13(20)10-18(4,5)22-16(14)21/h6-9,15,20H,10,19H2,1-5H3. The second-order valence-corrected chi connectivity index (χ2v) is 7.66. The third-order valence-corrected chi connectivity index (χ3v) is 3.89. The Balaban J connectivity index is 2.59. The molecule has 1 aromatic rings. The van der Waals surface area contributed by atoms with Gasteiger partial charge in [-0.25, -0.2) is 4.79 Å². The molecule has 0 aromatic heterocycles. The zero-order valence-electron chi connectivity index (χ0n) is 13.9. The van der Waals surface area contributed by atoms with E-state index in [-0.39, 0.29) is 17.1 Å². The predicted octanol–water partition coefficient (Wildman–Crippen LogP) is 3.94. The first kappa shape index (κ1) is 16.4. The van der Waals surface area contributed by atoms with Gasteiger partial charge < -0.3 is 15.6 Å². The summed E-state index contributed by atoms with van der Waals surface area (Å²) in [6.45, 7) is 9.70. The molecular formula is C18H25NO3. The lowest BCUT2D eigenvalue weighted by atomic mass is 9.70. The zero-order valence-corrected chi connectivity index (χ0v) is 13.9. The number of carbonyl (C=O) groups excluding carboxylic acids is 1. The maximum absolute atomic E-state index is 12.5. The second-order valence-electron chi connectivity index (χ2n) is 7.66. The van der Waals surface area contributed by atoms with Crippen LogP contribution in [-0.4, -0.2) is 16.7 Å². The average Bonchev–Trinajstić information content (AvgIpc) is 2.30. The number of hydrogen-bond acceptors (Lipinski definition) is 4. The minimum absolute atomic E-state index is 0.114. The van der Waals surface area contributed by atoms with Crippen LogP contribution in [0.15, 0.2) is 35.6 Å². The van der Waals surface area contributed by atoms with Crippen molar-refractivity contribution < 1.29 is 14.6 Å². The first-order chi connectivity index (χ1) is 10.0. The van der Waals surface area contributed by atoms with Gasteiger partial charge in [0.1, 0.15) is 11.4 Å². The van der Waals surface area contributed by atoms with Crippen LogP contribution < -0.4 is 5.73 Å². The number of rotatable bonds is 2. The summed E-state index contributed by atoms with van der Waals surface area (Å²) in [5.41, 5.74) is 6.83. The molecular weight excluding hydrogens is 278 g/mol. The molecule has 0 bridgehead atoms. The number of aliphatic hydroxyl groups is 1. The van der Waals surface area contributed by atoms with Crippen LogP contribution >= 0.6 is 0 Å². The van der Waals surface area contributed by atoms with E-state index in [4.69, 9.17) is 10.5 Å². The third-order valence-electron chi connectivity index (χ3n) is 3.89. The Morgan fingerprint density at radius 3 is 2.45 bits per heavy atom. The van der Waals surface area contributed by atoms with Gasteiger partial charge in [0.15, 0.2) is 0 Å². The van der Waals surface area contributed by atoms with E-state index in [2.05, 4.69) is 0 Å². The highest BCUT2D eigenvalue weighted by atomic mass is 16.6. The Bertz CT molecular complexity index is 623. The van der Waals surface area contributed by atoms with Crippen molar-refractivity contribution in [1.82, 2.24) is 0 Å². The number of anilines is 1. The van der Waals surface area contributed by atoms with Gasteiger partial charge in [-0.05, 0) is 37.0 Å². The molecule has 3 N–H and O–H groups in total. The highest BCUT2D eigenvalue weighted by Gasteiger charge is 2.42. The molecule has 0 spiro atoms. The Morgan fingerprint density at radius 1 is 1.32 bits per heavy atom. The molecule has 120 valence electrons. The monoisotopic (exact) mass is 303 g/mol. The zero-order chi connectivity index (χ0) is 16.7. The molecule has 1 unspecified atom stereocenters. The molecule has 0 radical (unpaired) electrons. The molecule has 4 nitrogen and oxygen atoms in total. The van der Waals surface area contributed by atoms with Crippen LogP contribution in [0.5, 0.6) is 0 Å². The fourth-order valence-electron chi connectivity index (χ4n) is 3.08. The summed E-state index contributed by atoms with van der Waals surface area (Å²) in [6, 6.07) is 7.45. The van der Waals surface area contributed by atoms with E-state index in [1.807, 2.05) is 39.0 Å². The molecule has 1 heterocycles. The van der Waals surface area contributed by atoms with Crippen molar-refractivity contribution in [1.29, 1.82) is 0 Å². The molecule has 1 aliphatic heterocycles. The molecule has 0 saturated carbocycles. The average molecular weight is 303 g/mol. The molecule has 1 aliphatic rings. The summed E-state index contributed by atoms with van der Waals surface area (Å²) < 4.78 is 5.50. The summed E-state index contributed by atoms with van der Waals surface area (Å²) in [7, 11) is 0. The van der Waals surface area contributed by atoms with Crippen molar-refractivity contribution in [2.75, 3.05) is 5.73 Å². The Morgan fingerprint density at radius 2 is 1.95 bits per heavy atom. The van der Waals surface area contributed by atoms with Crippen molar-refractivity contribution in [2.45, 2.75) is 52.6 Å². The van der Waals surface area contributed by atoms with Crippen molar-refractivity contribution in [3.8, 4) is 0 Å². The van der Waals surface area contributed by atoms with Gasteiger partial charge in [-0.15, -0.1) is 0 Å². The minimum Gasteiger partial charge on any atom is -0.512 e. The van der Waals surface area contributed by atoms with E-state index in [1.54, 1.807) is 19.9 Å². The van der Waals surface area contributed by atoms with Crippen LogP contribution in [0.3, 0.4) is 0 Å². The van der Waals surface area contributed by atoms with Gasteiger partial charge in [0.2, 0.25) is 0 Å². The van der Waals surface area contributed by atoms with Gasteiger partial charge in [-0.1, -0.05) is 32.9 Å². The van der Waals surface area contributed by atoms with Crippen LogP contribution in [0, 0.1) is 5.41 Å². The van der Waals surface area contributed by atoms with Crippen LogP contribution in [0.4, 0.5) is 5.69 Å². The van der Waals surface area contributed by atoms with Gasteiger partial charge >= 0.3 is 5.97 Å². The minimum atomic E-state index is -0.678. The number of nitrogens with two attached hydrogens (primary N) is 1. The molecule has 4 heteroatoms. The molecule has 1 aromatic carbocycles. The molecule has 0 saturated heterocycles. The molecule has 1 atom stereocenters. The van der Waals surface area contributed by atoms with Gasteiger partial charge in [-0.3, -0.25) is 0 Å². The fraction of sp³-hybridized carbons (Fsp3) is 0.500. The second kappa shape index (κ2) is 5.34. The molecule has 22 heavy (non-hydrogen) atoms.